The van der Waals surface area contributed by atoms with Gasteiger partial charge in [0.25, 0.3) is 5.91 Å². The zero-order valence-corrected chi connectivity index (χ0v) is 11.7. The molecule has 0 fully saturated rings. The molecule has 0 spiro atoms. The molecule has 0 saturated heterocycles. The molecule has 1 heterocycles. The summed E-state index contributed by atoms with van der Waals surface area (Å²) in [6.45, 7) is 7.73. The average molecular weight is 269 g/mol. The minimum absolute atomic E-state index is 0.0488. The Morgan fingerprint density at radius 2 is 1.89 bits per heavy atom. The summed E-state index contributed by atoms with van der Waals surface area (Å²) >= 11 is 5.71. The van der Waals surface area contributed by atoms with Gasteiger partial charge in [0.05, 0.1) is 5.56 Å². The zero-order valence-electron chi connectivity index (χ0n) is 11.0. The molecule has 4 nitrogen and oxygen atoms in total. The molecular weight excluding hydrogens is 252 g/mol. The quantitative estimate of drug-likeness (QED) is 0.623. The summed E-state index contributed by atoms with van der Waals surface area (Å²) in [5.41, 5.74) is 0.558. The lowest BCUT2D eigenvalue weighted by Gasteiger charge is -2.31. The highest BCUT2D eigenvalue weighted by molar-refractivity contribution is 6.29. The molecule has 0 unspecified atom stereocenters. The van der Waals surface area contributed by atoms with Crippen molar-refractivity contribution < 1.29 is 9.59 Å². The van der Waals surface area contributed by atoms with Crippen LogP contribution in [-0.2, 0) is 0 Å². The lowest BCUT2D eigenvalue weighted by atomic mass is 10.1. The molecule has 0 aliphatic rings. The van der Waals surface area contributed by atoms with Gasteiger partial charge in [0.2, 0.25) is 0 Å². The fraction of sp³-hybridized carbons (Fsp3) is 0.462. The van der Waals surface area contributed by atoms with Gasteiger partial charge < -0.3 is 4.90 Å². The summed E-state index contributed by atoms with van der Waals surface area (Å²) in [4.78, 5) is 29.0. The van der Waals surface area contributed by atoms with Gasteiger partial charge in [-0.1, -0.05) is 11.6 Å². The lowest BCUT2D eigenvalue weighted by Crippen LogP contribution is -2.42. The third-order valence-electron chi connectivity index (χ3n) is 2.61. The number of aromatic nitrogens is 1. The van der Waals surface area contributed by atoms with E-state index >= 15 is 0 Å². The highest BCUT2D eigenvalue weighted by atomic mass is 35.5. The third kappa shape index (κ3) is 3.07. The Kier molecular flexibility index (Phi) is 4.84. The number of carbonyl (C=O) groups is 2. The van der Waals surface area contributed by atoms with Gasteiger partial charge in [0.15, 0.2) is 6.29 Å². The summed E-state index contributed by atoms with van der Waals surface area (Å²) in [5, 5.41) is 0.203. The number of nitrogens with zero attached hydrogens (tertiary/aromatic N) is 2. The molecule has 0 saturated carbocycles. The van der Waals surface area contributed by atoms with Crippen LogP contribution in [0.1, 0.15) is 48.4 Å². The van der Waals surface area contributed by atoms with Crippen molar-refractivity contribution in [2.45, 2.75) is 39.8 Å². The second-order valence-electron chi connectivity index (χ2n) is 4.61. The molecule has 0 bridgehead atoms. The van der Waals surface area contributed by atoms with Gasteiger partial charge in [0.1, 0.15) is 5.15 Å². The van der Waals surface area contributed by atoms with Crippen molar-refractivity contribution in [3.05, 3.63) is 28.5 Å². The molecule has 0 radical (unpaired) electrons. The number of carbonyl (C=O) groups excluding carboxylic acids is 2. The van der Waals surface area contributed by atoms with Crippen LogP contribution in [0.4, 0.5) is 0 Å². The Hall–Kier alpha value is -1.42. The smallest absolute Gasteiger partial charge is 0.256 e. The van der Waals surface area contributed by atoms with Crippen LogP contribution in [0.25, 0.3) is 0 Å². The van der Waals surface area contributed by atoms with Crippen LogP contribution in [0, 0.1) is 0 Å². The maximum atomic E-state index is 12.4. The van der Waals surface area contributed by atoms with Crippen molar-refractivity contribution in [1.82, 2.24) is 9.88 Å². The Morgan fingerprint density at radius 1 is 1.33 bits per heavy atom. The molecule has 0 N–H and O–H groups in total. The van der Waals surface area contributed by atoms with Crippen LogP contribution in [0.2, 0.25) is 5.15 Å². The van der Waals surface area contributed by atoms with Crippen molar-refractivity contribution in [1.29, 1.82) is 0 Å². The predicted octanol–water partition coefficient (Wildman–Crippen LogP) is 2.81. The van der Waals surface area contributed by atoms with Crippen molar-refractivity contribution in [3.63, 3.8) is 0 Å². The van der Waals surface area contributed by atoms with Gasteiger partial charge in [-0.05, 0) is 33.8 Å². The summed E-state index contributed by atoms with van der Waals surface area (Å²) in [7, 11) is 0. The Morgan fingerprint density at radius 3 is 2.33 bits per heavy atom. The van der Waals surface area contributed by atoms with Gasteiger partial charge in [-0.2, -0.15) is 0 Å². The van der Waals surface area contributed by atoms with E-state index in [1.54, 1.807) is 4.90 Å². The molecule has 0 atom stereocenters. The van der Waals surface area contributed by atoms with E-state index in [1.807, 2.05) is 27.7 Å². The van der Waals surface area contributed by atoms with E-state index in [4.69, 9.17) is 11.6 Å². The van der Waals surface area contributed by atoms with Crippen LogP contribution in [0.3, 0.4) is 0 Å². The van der Waals surface area contributed by atoms with Gasteiger partial charge >= 0.3 is 0 Å². The van der Waals surface area contributed by atoms with Crippen LogP contribution in [0.5, 0.6) is 0 Å². The highest BCUT2D eigenvalue weighted by Crippen LogP contribution is 2.17. The van der Waals surface area contributed by atoms with Crippen molar-refractivity contribution >= 4 is 23.8 Å². The normalized spacial score (nSPS) is 10.8. The molecule has 5 heteroatoms. The van der Waals surface area contributed by atoms with E-state index in [2.05, 4.69) is 4.98 Å². The number of amides is 1. The monoisotopic (exact) mass is 268 g/mol. The summed E-state index contributed by atoms with van der Waals surface area (Å²) in [5.74, 6) is -0.203. The number of aldehydes is 1. The van der Waals surface area contributed by atoms with E-state index in [1.165, 1.54) is 12.3 Å². The molecule has 1 aromatic heterocycles. The van der Waals surface area contributed by atoms with E-state index < -0.39 is 0 Å². The first-order valence-corrected chi connectivity index (χ1v) is 6.19. The minimum atomic E-state index is -0.203. The number of hydrogen-bond acceptors (Lipinski definition) is 3. The van der Waals surface area contributed by atoms with E-state index in [-0.39, 0.29) is 34.3 Å². The van der Waals surface area contributed by atoms with Crippen molar-refractivity contribution in [2.75, 3.05) is 0 Å². The van der Waals surface area contributed by atoms with Gasteiger partial charge in [-0.3, -0.25) is 9.59 Å². The summed E-state index contributed by atoms with van der Waals surface area (Å²) in [6.07, 6.45) is 1.98. The first-order valence-electron chi connectivity index (χ1n) is 5.81. The van der Waals surface area contributed by atoms with Crippen LogP contribution < -0.4 is 0 Å². The maximum Gasteiger partial charge on any atom is 0.256 e. The summed E-state index contributed by atoms with van der Waals surface area (Å²) < 4.78 is 0. The molecule has 98 valence electrons. The van der Waals surface area contributed by atoms with Crippen LogP contribution in [-0.4, -0.2) is 34.2 Å². The molecule has 1 amide bonds. The zero-order chi connectivity index (χ0) is 13.9. The van der Waals surface area contributed by atoms with Gasteiger partial charge in [0, 0.05) is 23.8 Å². The second kappa shape index (κ2) is 5.96. The van der Waals surface area contributed by atoms with Gasteiger partial charge in [-0.25, -0.2) is 4.98 Å². The highest BCUT2D eigenvalue weighted by Gasteiger charge is 2.24. The van der Waals surface area contributed by atoms with E-state index in [9.17, 15) is 9.59 Å². The second-order valence-corrected chi connectivity index (χ2v) is 5.00. The fourth-order valence-electron chi connectivity index (χ4n) is 1.92. The number of hydrogen-bond donors (Lipinski definition) is 0. The Bertz CT molecular complexity index is 450. The van der Waals surface area contributed by atoms with Crippen LogP contribution in [0.15, 0.2) is 12.3 Å². The minimum Gasteiger partial charge on any atom is -0.334 e. The molecule has 0 aliphatic heterocycles. The largest absolute Gasteiger partial charge is 0.334 e. The van der Waals surface area contributed by atoms with Crippen LogP contribution >= 0.6 is 11.6 Å². The average Bonchev–Trinajstić information content (AvgIpc) is 2.27. The maximum absolute atomic E-state index is 12.4. The molecule has 1 rings (SSSR count). The fourth-order valence-corrected chi connectivity index (χ4v) is 2.09. The Balaban J connectivity index is 3.20. The Labute approximate surface area is 112 Å². The van der Waals surface area contributed by atoms with E-state index in [0.29, 0.717) is 6.29 Å². The van der Waals surface area contributed by atoms with Crippen molar-refractivity contribution in [2.24, 2.45) is 0 Å². The molecule has 0 aromatic carbocycles. The van der Waals surface area contributed by atoms with Gasteiger partial charge in [-0.15, -0.1) is 0 Å². The van der Waals surface area contributed by atoms with Crippen molar-refractivity contribution in [3.8, 4) is 0 Å². The number of rotatable bonds is 4. The number of pyridine rings is 1. The molecule has 18 heavy (non-hydrogen) atoms. The molecule has 1 aromatic rings. The molecule has 0 aliphatic carbocycles. The lowest BCUT2D eigenvalue weighted by molar-refractivity contribution is 0.0641. The first-order chi connectivity index (χ1) is 8.38. The van der Waals surface area contributed by atoms with E-state index in [0.717, 1.165) is 0 Å². The standard InChI is InChI=1S/C13H17ClN2O2/c1-8(2)16(9(3)4)13(18)11-6-15-12(14)5-10(11)7-17/h5-9H,1-4H3. The number of halogens is 1. The first kappa shape index (κ1) is 14.6. The topological polar surface area (TPSA) is 50.3 Å². The summed E-state index contributed by atoms with van der Waals surface area (Å²) in [6, 6.07) is 1.50. The SMILES string of the molecule is CC(C)N(C(=O)c1cnc(Cl)cc1C=O)C(C)C. The third-order valence-corrected chi connectivity index (χ3v) is 2.81. The molecular formula is C13H17ClN2O2. The predicted molar refractivity (Wildman–Crippen MR) is 71.1 cm³/mol.